The van der Waals surface area contributed by atoms with Crippen molar-refractivity contribution in [2.45, 2.75) is 39.5 Å². The summed E-state index contributed by atoms with van der Waals surface area (Å²) in [7, 11) is 0. The molecule has 7 heteroatoms. The van der Waals surface area contributed by atoms with Crippen molar-refractivity contribution in [3.8, 4) is 6.07 Å². The highest BCUT2D eigenvalue weighted by atomic mass is 19.1. The van der Waals surface area contributed by atoms with Crippen molar-refractivity contribution in [2.24, 2.45) is 11.1 Å². The van der Waals surface area contributed by atoms with Gasteiger partial charge in [0.05, 0.1) is 5.92 Å². The molecule has 3 N–H and O–H groups in total. The second kappa shape index (κ2) is 7.89. The number of ketones is 1. The number of nitrogens with zero attached hydrogens (tertiary/aromatic N) is 1. The van der Waals surface area contributed by atoms with Crippen molar-refractivity contribution >= 4 is 5.78 Å². The van der Waals surface area contributed by atoms with E-state index in [4.69, 9.17) is 15.6 Å². The molecular weight excluding hydrogens is 354 g/mol. The molecule has 27 heavy (non-hydrogen) atoms. The Morgan fingerprint density at radius 2 is 2.00 bits per heavy atom. The largest absolute Gasteiger partial charge is 0.444 e. The van der Waals surface area contributed by atoms with E-state index in [-0.39, 0.29) is 46.8 Å². The molecule has 0 aromatic heterocycles. The molecule has 0 spiro atoms. The summed E-state index contributed by atoms with van der Waals surface area (Å²) in [5, 5.41) is 17.0. The van der Waals surface area contributed by atoms with Crippen LogP contribution in [0.1, 0.15) is 45.1 Å². The molecule has 0 fully saturated rings. The lowest BCUT2D eigenvalue weighted by Gasteiger charge is -2.37. The van der Waals surface area contributed by atoms with Crippen LogP contribution in [0.25, 0.3) is 0 Å². The fraction of sp³-hybridized carbons (Fsp3) is 0.400. The number of Topliss-reactive ketones (excluding diaryl/α,β-unsaturated/α-hetero) is 1. The Morgan fingerprint density at radius 3 is 2.56 bits per heavy atom. The standard InChI is InChI=1S/C18H16F2N2O2.C2H6O/c1-18(2)6-13(23)16-14(7-18)24-17(22)11(8-21)15(16)10-4-3-9(19)5-12(10)20;1-2-3/h3-5,15H,6-7,22H2,1-2H3;3H,2H2,1H3. The number of benzene rings is 1. The lowest BCUT2D eigenvalue weighted by atomic mass is 9.70. The van der Waals surface area contributed by atoms with Gasteiger partial charge in [-0.2, -0.15) is 5.26 Å². The smallest absolute Gasteiger partial charge is 0.205 e. The molecule has 1 unspecified atom stereocenters. The van der Waals surface area contributed by atoms with Gasteiger partial charge in [-0.1, -0.05) is 19.9 Å². The molecule has 1 aromatic rings. The highest BCUT2D eigenvalue weighted by molar-refractivity contribution is 6.00. The van der Waals surface area contributed by atoms with E-state index in [1.807, 2.05) is 19.9 Å². The number of rotatable bonds is 1. The van der Waals surface area contributed by atoms with Crippen LogP contribution in [0.2, 0.25) is 0 Å². The van der Waals surface area contributed by atoms with Crippen LogP contribution in [0, 0.1) is 28.4 Å². The first-order valence-corrected chi connectivity index (χ1v) is 8.54. The molecule has 3 rings (SSSR count). The Morgan fingerprint density at radius 1 is 1.37 bits per heavy atom. The fourth-order valence-electron chi connectivity index (χ4n) is 3.33. The molecule has 1 aromatic carbocycles. The van der Waals surface area contributed by atoms with E-state index in [1.54, 1.807) is 6.92 Å². The number of allylic oxidation sites excluding steroid dienone is 3. The van der Waals surface area contributed by atoms with Crippen LogP contribution in [0.4, 0.5) is 8.78 Å². The number of aliphatic hydroxyl groups is 1. The third-order valence-electron chi connectivity index (χ3n) is 4.35. The summed E-state index contributed by atoms with van der Waals surface area (Å²) < 4.78 is 33.1. The number of hydrogen-bond donors (Lipinski definition) is 2. The van der Waals surface area contributed by atoms with Gasteiger partial charge < -0.3 is 15.6 Å². The summed E-state index contributed by atoms with van der Waals surface area (Å²) in [6.45, 7) is 5.77. The quantitative estimate of drug-likeness (QED) is 0.783. The normalized spacial score (nSPS) is 20.9. The van der Waals surface area contributed by atoms with Crippen molar-refractivity contribution in [2.75, 3.05) is 6.61 Å². The van der Waals surface area contributed by atoms with Crippen LogP contribution < -0.4 is 5.73 Å². The third kappa shape index (κ3) is 4.17. The minimum absolute atomic E-state index is 0.0349. The highest BCUT2D eigenvalue weighted by Crippen LogP contribution is 2.48. The van der Waals surface area contributed by atoms with Gasteiger partial charge in [0.25, 0.3) is 0 Å². The van der Waals surface area contributed by atoms with E-state index in [0.717, 1.165) is 12.1 Å². The van der Waals surface area contributed by atoms with Crippen LogP contribution in [0.3, 0.4) is 0 Å². The van der Waals surface area contributed by atoms with E-state index in [9.17, 15) is 18.8 Å². The molecule has 144 valence electrons. The van der Waals surface area contributed by atoms with Gasteiger partial charge in [-0.15, -0.1) is 0 Å². The molecule has 0 amide bonds. The second-order valence-electron chi connectivity index (χ2n) is 7.18. The van der Waals surface area contributed by atoms with Crippen molar-refractivity contribution in [3.63, 3.8) is 0 Å². The minimum Gasteiger partial charge on any atom is -0.444 e. The maximum Gasteiger partial charge on any atom is 0.205 e. The summed E-state index contributed by atoms with van der Waals surface area (Å²) >= 11 is 0. The van der Waals surface area contributed by atoms with Crippen molar-refractivity contribution < 1.29 is 23.4 Å². The highest BCUT2D eigenvalue weighted by Gasteiger charge is 2.43. The third-order valence-corrected chi connectivity index (χ3v) is 4.35. The van der Waals surface area contributed by atoms with Gasteiger partial charge in [0, 0.05) is 36.7 Å². The molecule has 0 radical (unpaired) electrons. The predicted octanol–water partition coefficient (Wildman–Crippen LogP) is 3.41. The zero-order valence-electron chi connectivity index (χ0n) is 15.5. The van der Waals surface area contributed by atoms with Gasteiger partial charge in [-0.3, -0.25) is 4.79 Å². The fourth-order valence-corrected chi connectivity index (χ4v) is 3.33. The number of carbonyl (C=O) groups is 1. The number of ether oxygens (including phenoxy) is 1. The van der Waals surface area contributed by atoms with Crippen LogP contribution in [-0.2, 0) is 9.53 Å². The number of carbonyl (C=O) groups excluding carboxylic acids is 1. The van der Waals surface area contributed by atoms with Crippen molar-refractivity contribution in [1.82, 2.24) is 0 Å². The van der Waals surface area contributed by atoms with E-state index in [0.29, 0.717) is 12.2 Å². The van der Waals surface area contributed by atoms with E-state index in [2.05, 4.69) is 0 Å². The summed E-state index contributed by atoms with van der Waals surface area (Å²) in [6.07, 6.45) is 0.708. The zero-order valence-corrected chi connectivity index (χ0v) is 15.5. The maximum absolute atomic E-state index is 14.3. The summed E-state index contributed by atoms with van der Waals surface area (Å²) in [5.74, 6) is -2.52. The molecule has 0 saturated carbocycles. The van der Waals surface area contributed by atoms with E-state index >= 15 is 0 Å². The van der Waals surface area contributed by atoms with Gasteiger partial charge >= 0.3 is 0 Å². The van der Waals surface area contributed by atoms with Crippen LogP contribution in [-0.4, -0.2) is 17.5 Å². The molecule has 1 aliphatic heterocycles. The first-order valence-electron chi connectivity index (χ1n) is 8.54. The molecular formula is C20H22F2N2O3. The van der Waals surface area contributed by atoms with Crippen LogP contribution in [0.15, 0.2) is 41.0 Å². The average Bonchev–Trinajstić information content (AvgIpc) is 2.53. The number of nitrogens with two attached hydrogens (primary N) is 1. The summed E-state index contributed by atoms with van der Waals surface area (Å²) in [5.41, 5.74) is 5.77. The number of hydrogen-bond acceptors (Lipinski definition) is 5. The Hall–Kier alpha value is -2.72. The molecule has 1 atom stereocenters. The Bertz CT molecular complexity index is 866. The molecule has 2 aliphatic rings. The molecule has 0 bridgehead atoms. The number of halogens is 2. The van der Waals surface area contributed by atoms with Gasteiger partial charge in [0.1, 0.15) is 29.0 Å². The first kappa shape index (κ1) is 20.6. The van der Waals surface area contributed by atoms with Crippen molar-refractivity contribution in [3.05, 3.63) is 58.2 Å². The van der Waals surface area contributed by atoms with Crippen LogP contribution >= 0.6 is 0 Å². The monoisotopic (exact) mass is 376 g/mol. The predicted molar refractivity (Wildman–Crippen MR) is 94.8 cm³/mol. The summed E-state index contributed by atoms with van der Waals surface area (Å²) in [4.78, 5) is 12.7. The van der Waals surface area contributed by atoms with Gasteiger partial charge in [-0.05, 0) is 18.4 Å². The molecule has 1 heterocycles. The zero-order chi connectivity index (χ0) is 20.4. The molecule has 1 aliphatic carbocycles. The first-order chi connectivity index (χ1) is 12.6. The van der Waals surface area contributed by atoms with Gasteiger partial charge in [0.2, 0.25) is 5.88 Å². The summed E-state index contributed by atoms with van der Waals surface area (Å²) in [6, 6.07) is 4.96. The van der Waals surface area contributed by atoms with E-state index < -0.39 is 17.6 Å². The SMILES string of the molecule is CC1(C)CC(=O)C2=C(C1)OC(N)=C(C#N)C2c1ccc(F)cc1F.CCO. The Kier molecular flexibility index (Phi) is 6.01. The minimum atomic E-state index is -0.969. The Balaban J connectivity index is 0.000000817. The average molecular weight is 376 g/mol. The number of aliphatic hydroxyl groups excluding tert-OH is 1. The Labute approximate surface area is 156 Å². The van der Waals surface area contributed by atoms with E-state index in [1.165, 1.54) is 6.07 Å². The maximum atomic E-state index is 14.3. The lowest BCUT2D eigenvalue weighted by Crippen LogP contribution is -2.33. The lowest BCUT2D eigenvalue weighted by molar-refractivity contribution is -0.119. The topological polar surface area (TPSA) is 96.3 Å². The second-order valence-corrected chi connectivity index (χ2v) is 7.18. The van der Waals surface area contributed by atoms with Gasteiger partial charge in [-0.25, -0.2) is 8.78 Å². The number of nitriles is 1. The van der Waals surface area contributed by atoms with Crippen molar-refractivity contribution in [1.29, 1.82) is 5.26 Å². The van der Waals surface area contributed by atoms with Crippen LogP contribution in [0.5, 0.6) is 0 Å². The van der Waals surface area contributed by atoms with Gasteiger partial charge in [0.15, 0.2) is 5.78 Å². The molecule has 0 saturated heterocycles. The molecule has 5 nitrogen and oxygen atoms in total.